The van der Waals surface area contributed by atoms with Crippen LogP contribution < -0.4 is 0 Å². The van der Waals surface area contributed by atoms with Gasteiger partial charge in [0.15, 0.2) is 0 Å². The van der Waals surface area contributed by atoms with Crippen LogP contribution in [0.3, 0.4) is 0 Å². The minimum Gasteiger partial charge on any atom is -0.366 e. The summed E-state index contributed by atoms with van der Waals surface area (Å²) >= 11 is 8.97. The lowest BCUT2D eigenvalue weighted by molar-refractivity contribution is -0.0828. The highest BCUT2D eigenvalue weighted by Gasteiger charge is 2.24. The van der Waals surface area contributed by atoms with E-state index < -0.39 is 12.5 Å². The minimum atomic E-state index is -2.81. The fraction of sp³-hybridized carbons (Fsp3) is 0.455. The highest BCUT2D eigenvalue weighted by Crippen LogP contribution is 2.24. The molecule has 0 spiro atoms. The zero-order chi connectivity index (χ0) is 12.2. The number of rotatable bonds is 5. The largest absolute Gasteiger partial charge is 0.366 e. The molecule has 0 amide bonds. The summed E-state index contributed by atoms with van der Waals surface area (Å²) in [5.41, 5.74) is 0.825. The van der Waals surface area contributed by atoms with Crippen LogP contribution in [0.15, 0.2) is 24.3 Å². The molecule has 0 fully saturated rings. The molecule has 1 rings (SSSR count). The van der Waals surface area contributed by atoms with Gasteiger partial charge in [-0.25, -0.2) is 8.78 Å². The second-order valence-electron chi connectivity index (χ2n) is 3.58. The van der Waals surface area contributed by atoms with Crippen molar-refractivity contribution in [3.05, 3.63) is 34.9 Å². The standard InChI is InChI=1S/C11H12BrClF2O/c1-11(14,15)7-16-10(6-12)8-2-4-9(13)5-3-8/h2-5,10H,6-7H2,1H3. The second kappa shape index (κ2) is 5.94. The summed E-state index contributed by atoms with van der Waals surface area (Å²) in [7, 11) is 0. The van der Waals surface area contributed by atoms with Gasteiger partial charge in [-0.2, -0.15) is 0 Å². The molecule has 0 radical (unpaired) electrons. The van der Waals surface area contributed by atoms with Gasteiger partial charge in [0.25, 0.3) is 5.92 Å². The average molecular weight is 314 g/mol. The van der Waals surface area contributed by atoms with Crippen molar-refractivity contribution < 1.29 is 13.5 Å². The molecular weight excluding hydrogens is 301 g/mol. The predicted octanol–water partition coefficient (Wildman–Crippen LogP) is 4.45. The summed E-state index contributed by atoms with van der Waals surface area (Å²) in [4.78, 5) is 0. The van der Waals surface area contributed by atoms with Crippen molar-refractivity contribution in [3.63, 3.8) is 0 Å². The number of hydrogen-bond acceptors (Lipinski definition) is 1. The molecule has 5 heteroatoms. The number of alkyl halides is 3. The van der Waals surface area contributed by atoms with Crippen LogP contribution in [-0.2, 0) is 4.74 Å². The van der Waals surface area contributed by atoms with Gasteiger partial charge in [0.1, 0.15) is 6.61 Å². The first-order valence-corrected chi connectivity index (χ1v) is 6.23. The molecule has 0 aliphatic heterocycles. The first-order chi connectivity index (χ1) is 7.42. The maximum Gasteiger partial charge on any atom is 0.268 e. The van der Waals surface area contributed by atoms with E-state index >= 15 is 0 Å². The van der Waals surface area contributed by atoms with E-state index in [1.54, 1.807) is 24.3 Å². The molecule has 1 nitrogen and oxygen atoms in total. The number of halogens is 4. The topological polar surface area (TPSA) is 9.23 Å². The zero-order valence-corrected chi connectivity index (χ0v) is 11.1. The van der Waals surface area contributed by atoms with E-state index in [4.69, 9.17) is 16.3 Å². The lowest BCUT2D eigenvalue weighted by Crippen LogP contribution is -2.21. The summed E-state index contributed by atoms with van der Waals surface area (Å²) < 4.78 is 30.4. The Hall–Kier alpha value is -0.190. The summed E-state index contributed by atoms with van der Waals surface area (Å²) in [6.45, 7) is 0.242. The van der Waals surface area contributed by atoms with Crippen LogP contribution in [0.1, 0.15) is 18.6 Å². The van der Waals surface area contributed by atoms with Crippen molar-refractivity contribution in [1.29, 1.82) is 0 Å². The molecule has 1 unspecified atom stereocenters. The maximum atomic E-state index is 12.6. The lowest BCUT2D eigenvalue weighted by atomic mass is 10.1. The van der Waals surface area contributed by atoms with E-state index in [0.29, 0.717) is 10.4 Å². The van der Waals surface area contributed by atoms with Gasteiger partial charge in [-0.3, -0.25) is 0 Å². The van der Waals surface area contributed by atoms with Crippen LogP contribution in [-0.4, -0.2) is 17.9 Å². The first-order valence-electron chi connectivity index (χ1n) is 4.73. The molecule has 0 saturated heterocycles. The Balaban J connectivity index is 2.64. The predicted molar refractivity (Wildman–Crippen MR) is 64.6 cm³/mol. The number of ether oxygens (including phenoxy) is 1. The van der Waals surface area contributed by atoms with Crippen molar-refractivity contribution in [3.8, 4) is 0 Å². The Labute approximate surface area is 107 Å². The Morgan fingerprint density at radius 3 is 2.38 bits per heavy atom. The van der Waals surface area contributed by atoms with Gasteiger partial charge in [0, 0.05) is 17.3 Å². The molecule has 0 aromatic heterocycles. The van der Waals surface area contributed by atoms with Crippen LogP contribution in [0, 0.1) is 0 Å². The Bertz CT molecular complexity index is 324. The third-order valence-corrected chi connectivity index (χ3v) is 2.76. The molecule has 16 heavy (non-hydrogen) atoms. The smallest absolute Gasteiger partial charge is 0.268 e. The molecular formula is C11H12BrClF2O. The lowest BCUT2D eigenvalue weighted by Gasteiger charge is -2.18. The maximum absolute atomic E-state index is 12.6. The Morgan fingerprint density at radius 2 is 1.94 bits per heavy atom. The molecule has 0 aliphatic rings. The van der Waals surface area contributed by atoms with E-state index in [1.165, 1.54) is 0 Å². The highest BCUT2D eigenvalue weighted by atomic mass is 79.9. The molecule has 90 valence electrons. The Morgan fingerprint density at radius 1 is 1.38 bits per heavy atom. The summed E-state index contributed by atoms with van der Waals surface area (Å²) in [6, 6.07) is 6.95. The van der Waals surface area contributed by atoms with Crippen molar-refractivity contribution in [1.82, 2.24) is 0 Å². The highest BCUT2D eigenvalue weighted by molar-refractivity contribution is 9.09. The normalized spacial score (nSPS) is 13.8. The van der Waals surface area contributed by atoms with Gasteiger partial charge in [-0.1, -0.05) is 39.7 Å². The van der Waals surface area contributed by atoms with Gasteiger partial charge in [0.2, 0.25) is 0 Å². The molecule has 1 aromatic carbocycles. The molecule has 0 bridgehead atoms. The van der Waals surface area contributed by atoms with Gasteiger partial charge in [0.05, 0.1) is 6.10 Å². The van der Waals surface area contributed by atoms with Crippen LogP contribution in [0.25, 0.3) is 0 Å². The fourth-order valence-corrected chi connectivity index (χ4v) is 1.84. The van der Waals surface area contributed by atoms with Crippen LogP contribution in [0.4, 0.5) is 8.78 Å². The third kappa shape index (κ3) is 4.76. The summed E-state index contributed by atoms with van der Waals surface area (Å²) in [6.07, 6.45) is -0.386. The van der Waals surface area contributed by atoms with Crippen molar-refractivity contribution in [2.75, 3.05) is 11.9 Å². The van der Waals surface area contributed by atoms with Crippen LogP contribution >= 0.6 is 27.5 Å². The van der Waals surface area contributed by atoms with E-state index in [9.17, 15) is 8.78 Å². The van der Waals surface area contributed by atoms with E-state index in [1.807, 2.05) is 0 Å². The van der Waals surface area contributed by atoms with Crippen LogP contribution in [0.5, 0.6) is 0 Å². The average Bonchev–Trinajstić information content (AvgIpc) is 2.20. The summed E-state index contributed by atoms with van der Waals surface area (Å²) in [5, 5.41) is 1.07. The number of benzene rings is 1. The van der Waals surface area contributed by atoms with Gasteiger partial charge in [-0.05, 0) is 17.7 Å². The SMILES string of the molecule is CC(F)(F)COC(CBr)c1ccc(Cl)cc1. The van der Waals surface area contributed by atoms with Crippen molar-refractivity contribution in [2.24, 2.45) is 0 Å². The Kier molecular flexibility index (Phi) is 5.15. The van der Waals surface area contributed by atoms with Crippen LogP contribution in [0.2, 0.25) is 5.02 Å². The van der Waals surface area contributed by atoms with Gasteiger partial charge in [-0.15, -0.1) is 0 Å². The van der Waals surface area contributed by atoms with E-state index in [0.717, 1.165) is 12.5 Å². The molecule has 0 N–H and O–H groups in total. The molecule has 1 atom stereocenters. The number of hydrogen-bond donors (Lipinski definition) is 0. The molecule has 0 aliphatic carbocycles. The molecule has 1 aromatic rings. The third-order valence-electron chi connectivity index (χ3n) is 1.92. The second-order valence-corrected chi connectivity index (χ2v) is 4.66. The van der Waals surface area contributed by atoms with Gasteiger partial charge < -0.3 is 4.74 Å². The zero-order valence-electron chi connectivity index (χ0n) is 8.72. The monoisotopic (exact) mass is 312 g/mol. The minimum absolute atomic E-state index is 0.386. The fourth-order valence-electron chi connectivity index (χ4n) is 1.15. The molecule has 0 saturated carbocycles. The van der Waals surface area contributed by atoms with E-state index in [-0.39, 0.29) is 6.10 Å². The van der Waals surface area contributed by atoms with Gasteiger partial charge >= 0.3 is 0 Å². The molecule has 0 heterocycles. The quantitative estimate of drug-likeness (QED) is 0.730. The first kappa shape index (κ1) is 13.9. The summed E-state index contributed by atoms with van der Waals surface area (Å²) in [5.74, 6) is -2.81. The van der Waals surface area contributed by atoms with Crippen molar-refractivity contribution in [2.45, 2.75) is 19.0 Å². The van der Waals surface area contributed by atoms with E-state index in [2.05, 4.69) is 15.9 Å². The van der Waals surface area contributed by atoms with Crippen molar-refractivity contribution >= 4 is 27.5 Å².